The lowest BCUT2D eigenvalue weighted by Crippen LogP contribution is -2.44. The second-order valence-corrected chi connectivity index (χ2v) is 8.77. The molecule has 7 nitrogen and oxygen atoms in total. The molecular weight excluding hydrogens is 394 g/mol. The van der Waals surface area contributed by atoms with Gasteiger partial charge in [0.2, 0.25) is 0 Å². The van der Waals surface area contributed by atoms with E-state index in [0.29, 0.717) is 29.1 Å². The van der Waals surface area contributed by atoms with Crippen LogP contribution in [0.5, 0.6) is 0 Å². The van der Waals surface area contributed by atoms with Gasteiger partial charge in [-0.15, -0.1) is 0 Å². The van der Waals surface area contributed by atoms with Crippen molar-refractivity contribution in [1.82, 2.24) is 9.55 Å². The maximum absolute atomic E-state index is 13.4. The first-order valence-corrected chi connectivity index (χ1v) is 10.8. The first-order chi connectivity index (χ1) is 14.9. The summed E-state index contributed by atoms with van der Waals surface area (Å²) < 4.78 is 6.84. The molecule has 7 heteroatoms. The first-order valence-electron chi connectivity index (χ1n) is 10.8. The number of aliphatic hydroxyl groups is 1. The van der Waals surface area contributed by atoms with Gasteiger partial charge >= 0.3 is 5.97 Å². The van der Waals surface area contributed by atoms with Crippen LogP contribution in [0.3, 0.4) is 0 Å². The van der Waals surface area contributed by atoms with Crippen LogP contribution in [-0.4, -0.2) is 20.6 Å². The second-order valence-electron chi connectivity index (χ2n) is 8.77. The minimum Gasteiger partial charge on any atom is -0.458 e. The maximum atomic E-state index is 13.4. The zero-order valence-electron chi connectivity index (χ0n) is 17.3. The molecule has 6 rings (SSSR count). The third-order valence-corrected chi connectivity index (χ3v) is 7.18. The van der Waals surface area contributed by atoms with Gasteiger partial charge < -0.3 is 20.1 Å². The summed E-state index contributed by atoms with van der Waals surface area (Å²) in [5.41, 5.74) is 10.7. The molecule has 2 atom stereocenters. The third-order valence-electron chi connectivity index (χ3n) is 7.18. The van der Waals surface area contributed by atoms with Gasteiger partial charge in [0.05, 0.1) is 29.0 Å². The highest BCUT2D eigenvalue weighted by Crippen LogP contribution is 2.43. The van der Waals surface area contributed by atoms with Crippen LogP contribution in [0.2, 0.25) is 0 Å². The molecule has 3 aromatic rings. The molecule has 3 N–H and O–H groups in total. The van der Waals surface area contributed by atoms with Crippen LogP contribution in [0.1, 0.15) is 60.0 Å². The van der Waals surface area contributed by atoms with Gasteiger partial charge in [-0.3, -0.25) is 4.79 Å². The predicted molar refractivity (Wildman–Crippen MR) is 114 cm³/mol. The molecule has 0 saturated heterocycles. The fourth-order valence-corrected chi connectivity index (χ4v) is 5.51. The van der Waals surface area contributed by atoms with Gasteiger partial charge in [-0.05, 0) is 48.9 Å². The fraction of sp³-hybridized carbons (Fsp3) is 0.375. The lowest BCUT2D eigenvalue weighted by molar-refractivity contribution is -0.172. The average Bonchev–Trinajstić information content (AvgIpc) is 3.04. The Bertz CT molecular complexity index is 1360. The normalized spacial score (nSPS) is 23.7. The summed E-state index contributed by atoms with van der Waals surface area (Å²) in [6.45, 7) is 1.96. The molecule has 0 saturated carbocycles. The van der Waals surface area contributed by atoms with Gasteiger partial charge in [-0.25, -0.2) is 9.78 Å². The molecule has 158 valence electrons. The summed E-state index contributed by atoms with van der Waals surface area (Å²) in [5, 5.41) is 12.2. The summed E-state index contributed by atoms with van der Waals surface area (Å²) in [6, 6.07) is 7.76. The Morgan fingerprint density at radius 3 is 2.97 bits per heavy atom. The van der Waals surface area contributed by atoms with E-state index in [2.05, 4.69) is 6.07 Å². The van der Waals surface area contributed by atoms with E-state index in [1.807, 2.05) is 12.1 Å². The fourth-order valence-electron chi connectivity index (χ4n) is 5.51. The molecule has 0 spiro atoms. The highest BCUT2D eigenvalue weighted by molar-refractivity contribution is 5.92. The van der Waals surface area contributed by atoms with Gasteiger partial charge in [-0.1, -0.05) is 19.1 Å². The molecular formula is C24H23N3O4. The van der Waals surface area contributed by atoms with E-state index in [-0.39, 0.29) is 24.6 Å². The number of ether oxygens (including phenoxy) is 1. The Kier molecular flexibility index (Phi) is 3.77. The number of aryl methyl sites for hydroxylation is 1. The highest BCUT2D eigenvalue weighted by atomic mass is 16.6. The molecule has 1 aliphatic carbocycles. The van der Waals surface area contributed by atoms with E-state index in [9.17, 15) is 14.7 Å². The summed E-state index contributed by atoms with van der Waals surface area (Å²) in [7, 11) is 0. The third kappa shape index (κ3) is 2.33. The van der Waals surface area contributed by atoms with Crippen LogP contribution >= 0.6 is 0 Å². The van der Waals surface area contributed by atoms with Crippen LogP contribution in [0.15, 0.2) is 29.1 Å². The lowest BCUT2D eigenvalue weighted by Gasteiger charge is -2.31. The molecule has 0 fully saturated rings. The van der Waals surface area contributed by atoms with Crippen molar-refractivity contribution in [1.29, 1.82) is 0 Å². The van der Waals surface area contributed by atoms with E-state index in [1.54, 1.807) is 17.6 Å². The second kappa shape index (κ2) is 6.24. The zero-order chi connectivity index (χ0) is 21.5. The van der Waals surface area contributed by atoms with Crippen molar-refractivity contribution in [3.63, 3.8) is 0 Å². The van der Waals surface area contributed by atoms with Crippen LogP contribution in [0, 0.1) is 0 Å². The van der Waals surface area contributed by atoms with Crippen LogP contribution < -0.4 is 11.3 Å². The first kappa shape index (κ1) is 18.7. The Balaban J connectivity index is 1.68. The molecule has 1 aromatic carbocycles. The Morgan fingerprint density at radius 2 is 2.16 bits per heavy atom. The van der Waals surface area contributed by atoms with E-state index < -0.39 is 11.6 Å². The SMILES string of the molecule is CC[C@@]1(O)C(=O)OCc2c1cc1n(c2=O)Cc2c-1nc1cccc3c1c2[C@H](N)CCC3. The van der Waals surface area contributed by atoms with Crippen molar-refractivity contribution in [3.05, 3.63) is 62.4 Å². The predicted octanol–water partition coefficient (Wildman–Crippen LogP) is 2.42. The number of hydrogen-bond acceptors (Lipinski definition) is 6. The largest absolute Gasteiger partial charge is 0.458 e. The van der Waals surface area contributed by atoms with Gasteiger partial charge in [0.1, 0.15) is 6.61 Å². The van der Waals surface area contributed by atoms with E-state index in [4.69, 9.17) is 15.5 Å². The van der Waals surface area contributed by atoms with Gasteiger partial charge in [0, 0.05) is 22.6 Å². The minimum atomic E-state index is -1.82. The number of carbonyl (C=O) groups excluding carboxylic acids is 1. The van der Waals surface area contributed by atoms with E-state index >= 15 is 0 Å². The monoisotopic (exact) mass is 417 g/mol. The lowest BCUT2D eigenvalue weighted by atomic mass is 9.86. The number of esters is 1. The number of cyclic esters (lactones) is 1. The molecule has 3 aliphatic rings. The quantitative estimate of drug-likeness (QED) is 0.461. The number of pyridine rings is 2. The molecule has 0 amide bonds. The Hall–Kier alpha value is -3.03. The van der Waals surface area contributed by atoms with Crippen molar-refractivity contribution in [2.24, 2.45) is 5.73 Å². The number of carbonyl (C=O) groups is 1. The molecule has 4 heterocycles. The van der Waals surface area contributed by atoms with Gasteiger partial charge in [-0.2, -0.15) is 0 Å². The molecule has 0 bridgehead atoms. The number of nitrogens with two attached hydrogens (primary N) is 1. The zero-order valence-corrected chi connectivity index (χ0v) is 17.3. The number of aromatic nitrogens is 2. The molecule has 2 aromatic heterocycles. The van der Waals surface area contributed by atoms with Crippen LogP contribution in [0.4, 0.5) is 0 Å². The Labute approximate surface area is 178 Å². The minimum absolute atomic E-state index is 0.124. The van der Waals surface area contributed by atoms with E-state index in [1.165, 1.54) is 5.56 Å². The Morgan fingerprint density at radius 1 is 1.32 bits per heavy atom. The molecule has 2 aliphatic heterocycles. The summed E-state index contributed by atoms with van der Waals surface area (Å²) in [4.78, 5) is 30.7. The molecule has 31 heavy (non-hydrogen) atoms. The van der Waals surface area contributed by atoms with Crippen molar-refractivity contribution in [2.45, 2.75) is 57.4 Å². The van der Waals surface area contributed by atoms with E-state index in [0.717, 1.165) is 41.3 Å². The van der Waals surface area contributed by atoms with Crippen LogP contribution in [0.25, 0.3) is 22.3 Å². The highest BCUT2D eigenvalue weighted by Gasteiger charge is 2.45. The molecule has 0 radical (unpaired) electrons. The number of benzene rings is 1. The number of hydrogen-bond donors (Lipinski definition) is 2. The maximum Gasteiger partial charge on any atom is 0.343 e. The van der Waals surface area contributed by atoms with Crippen molar-refractivity contribution in [2.75, 3.05) is 0 Å². The van der Waals surface area contributed by atoms with Gasteiger partial charge in [0.15, 0.2) is 5.60 Å². The van der Waals surface area contributed by atoms with Crippen molar-refractivity contribution >= 4 is 16.9 Å². The summed E-state index contributed by atoms with van der Waals surface area (Å²) >= 11 is 0. The number of fused-ring (bicyclic) bond motifs is 5. The van der Waals surface area contributed by atoms with Crippen LogP contribution in [-0.2, 0) is 34.7 Å². The number of rotatable bonds is 1. The van der Waals surface area contributed by atoms with Crippen molar-refractivity contribution < 1.29 is 14.6 Å². The smallest absolute Gasteiger partial charge is 0.343 e. The summed E-state index contributed by atoms with van der Waals surface area (Å²) in [5.74, 6) is -0.713. The standard InChI is InChI=1S/C24H23N3O4/c1-2-24(30)15-9-18-21-13(10-27(18)22(28)14(15)11-31-23(24)29)20-16(25)7-3-5-12-6-4-8-17(26-21)19(12)20/h4,6,8-9,16,30H,2-3,5,7,10-11,25H2,1H3/t16-,24+/m1/s1. The van der Waals surface area contributed by atoms with Gasteiger partial charge in [0.25, 0.3) is 5.56 Å². The summed E-state index contributed by atoms with van der Waals surface area (Å²) in [6.07, 6.45) is 2.97. The van der Waals surface area contributed by atoms with Crippen molar-refractivity contribution in [3.8, 4) is 11.4 Å². The average molecular weight is 417 g/mol. The number of nitrogens with zero attached hydrogens (tertiary/aromatic N) is 2. The topological polar surface area (TPSA) is 107 Å². The molecule has 0 unspecified atom stereocenters.